The number of amides is 1. The maximum absolute atomic E-state index is 12.6. The number of carbonyl (C=O) groups excluding carboxylic acids is 1. The molecule has 5 aromatic rings. The predicted molar refractivity (Wildman–Crippen MR) is 143 cm³/mol. The van der Waals surface area contributed by atoms with E-state index in [2.05, 4.69) is 58.4 Å². The second kappa shape index (κ2) is 10.5. The van der Waals surface area contributed by atoms with Gasteiger partial charge >= 0.3 is 0 Å². The number of carbonyl (C=O) groups is 1. The highest BCUT2D eigenvalue weighted by Crippen LogP contribution is 2.27. The first-order valence-corrected chi connectivity index (χ1v) is 12.0. The third-order valence-electron chi connectivity index (χ3n) is 6.37. The van der Waals surface area contributed by atoms with Crippen molar-refractivity contribution < 1.29 is 14.3 Å². The summed E-state index contributed by atoms with van der Waals surface area (Å²) in [6.45, 7) is 1.23. The van der Waals surface area contributed by atoms with Gasteiger partial charge in [0.1, 0.15) is 5.82 Å². The Bertz CT molecular complexity index is 1520. The number of imidazole rings is 1. The van der Waals surface area contributed by atoms with Crippen molar-refractivity contribution in [3.8, 4) is 11.5 Å². The molecule has 1 N–H and O–H groups in total. The van der Waals surface area contributed by atoms with Crippen molar-refractivity contribution in [2.24, 2.45) is 0 Å². The molecule has 0 aliphatic heterocycles. The lowest BCUT2D eigenvalue weighted by atomic mass is 10.1. The van der Waals surface area contributed by atoms with Crippen molar-refractivity contribution in [3.05, 3.63) is 102 Å². The van der Waals surface area contributed by atoms with Crippen LogP contribution in [0.2, 0.25) is 0 Å². The lowest BCUT2D eigenvalue weighted by molar-refractivity contribution is -0.120. The average molecular weight is 480 g/mol. The highest BCUT2D eigenvalue weighted by molar-refractivity contribution is 5.83. The highest BCUT2D eigenvalue weighted by atomic mass is 16.5. The molecule has 0 aliphatic rings. The van der Waals surface area contributed by atoms with Gasteiger partial charge in [-0.05, 0) is 52.2 Å². The normalized spacial score (nSPS) is 11.1. The molecule has 1 heterocycles. The molecule has 1 amide bonds. The van der Waals surface area contributed by atoms with Crippen molar-refractivity contribution in [2.75, 3.05) is 20.8 Å². The van der Waals surface area contributed by atoms with Crippen LogP contribution in [0, 0.1) is 0 Å². The van der Waals surface area contributed by atoms with Crippen LogP contribution in [-0.2, 0) is 24.2 Å². The molecule has 0 aliphatic carbocycles. The molecule has 4 aromatic carbocycles. The van der Waals surface area contributed by atoms with Gasteiger partial charge in [-0.3, -0.25) is 4.79 Å². The van der Waals surface area contributed by atoms with E-state index in [0.29, 0.717) is 24.5 Å². The molecule has 0 spiro atoms. The molecule has 5 rings (SSSR count). The first-order chi connectivity index (χ1) is 17.6. The average Bonchev–Trinajstić information content (AvgIpc) is 3.25. The summed E-state index contributed by atoms with van der Waals surface area (Å²) in [7, 11) is 3.18. The van der Waals surface area contributed by atoms with E-state index in [4.69, 9.17) is 14.5 Å². The molecule has 1 aromatic heterocycles. The number of nitrogens with zero attached hydrogens (tertiary/aromatic N) is 2. The van der Waals surface area contributed by atoms with Crippen molar-refractivity contribution >= 4 is 27.7 Å². The Balaban J connectivity index is 1.29. The van der Waals surface area contributed by atoms with Crippen molar-refractivity contribution in [1.82, 2.24) is 14.9 Å². The molecule has 6 nitrogen and oxygen atoms in total. The minimum absolute atomic E-state index is 0.0422. The smallest absolute Gasteiger partial charge is 0.224 e. The van der Waals surface area contributed by atoms with Gasteiger partial charge in [0.2, 0.25) is 5.91 Å². The molecular weight excluding hydrogens is 450 g/mol. The molecular formula is C30H29N3O3. The quantitative estimate of drug-likeness (QED) is 0.317. The fraction of sp³-hybridized carbons (Fsp3) is 0.200. The molecule has 182 valence electrons. The number of para-hydroxylation sites is 2. The van der Waals surface area contributed by atoms with Crippen LogP contribution < -0.4 is 14.8 Å². The van der Waals surface area contributed by atoms with E-state index in [1.165, 1.54) is 16.3 Å². The van der Waals surface area contributed by atoms with Crippen LogP contribution in [-0.4, -0.2) is 36.2 Å². The molecule has 0 saturated heterocycles. The zero-order chi connectivity index (χ0) is 24.9. The van der Waals surface area contributed by atoms with Gasteiger partial charge in [0.25, 0.3) is 0 Å². The molecule has 0 saturated carbocycles. The van der Waals surface area contributed by atoms with Crippen LogP contribution in [0.4, 0.5) is 0 Å². The van der Waals surface area contributed by atoms with Crippen molar-refractivity contribution in [2.45, 2.75) is 19.4 Å². The highest BCUT2D eigenvalue weighted by Gasteiger charge is 2.13. The summed E-state index contributed by atoms with van der Waals surface area (Å²) in [5, 5.41) is 5.50. The SMILES string of the molecule is COc1ccc(CC(=O)NCCc2nc3ccccc3n2Cc2ccc3ccccc3c2)cc1OC. The van der Waals surface area contributed by atoms with Gasteiger partial charge in [0, 0.05) is 19.5 Å². The summed E-state index contributed by atoms with van der Waals surface area (Å²) in [5.41, 5.74) is 4.14. The van der Waals surface area contributed by atoms with Gasteiger partial charge in [-0.1, -0.05) is 54.6 Å². The minimum Gasteiger partial charge on any atom is -0.493 e. The van der Waals surface area contributed by atoms with Gasteiger partial charge in [0.15, 0.2) is 11.5 Å². The summed E-state index contributed by atoms with van der Waals surface area (Å²) in [4.78, 5) is 17.5. The molecule has 0 atom stereocenters. The number of benzene rings is 4. The monoisotopic (exact) mass is 479 g/mol. The van der Waals surface area contributed by atoms with Gasteiger partial charge in [-0.15, -0.1) is 0 Å². The number of fused-ring (bicyclic) bond motifs is 2. The number of nitrogens with one attached hydrogen (secondary N) is 1. The van der Waals surface area contributed by atoms with E-state index < -0.39 is 0 Å². The fourth-order valence-electron chi connectivity index (χ4n) is 4.56. The number of rotatable bonds is 9. The molecule has 0 fully saturated rings. The van der Waals surface area contributed by atoms with Crippen LogP contribution in [0.25, 0.3) is 21.8 Å². The lowest BCUT2D eigenvalue weighted by Gasteiger charge is -2.12. The number of hydrogen-bond acceptors (Lipinski definition) is 4. The molecule has 0 unspecified atom stereocenters. The van der Waals surface area contributed by atoms with E-state index in [9.17, 15) is 4.79 Å². The largest absolute Gasteiger partial charge is 0.493 e. The molecule has 0 radical (unpaired) electrons. The van der Waals surface area contributed by atoms with E-state index in [-0.39, 0.29) is 12.3 Å². The maximum atomic E-state index is 12.6. The Morgan fingerprint density at radius 1 is 0.833 bits per heavy atom. The summed E-state index contributed by atoms with van der Waals surface area (Å²) >= 11 is 0. The zero-order valence-corrected chi connectivity index (χ0v) is 20.5. The van der Waals surface area contributed by atoms with Gasteiger partial charge in [-0.25, -0.2) is 4.98 Å². The Labute approximate surface area is 210 Å². The molecule has 36 heavy (non-hydrogen) atoms. The number of hydrogen-bond donors (Lipinski definition) is 1. The molecule has 6 heteroatoms. The van der Waals surface area contributed by atoms with E-state index >= 15 is 0 Å². The fourth-order valence-corrected chi connectivity index (χ4v) is 4.56. The first-order valence-electron chi connectivity index (χ1n) is 12.0. The third kappa shape index (κ3) is 5.03. The number of aromatic nitrogens is 2. The van der Waals surface area contributed by atoms with Crippen LogP contribution >= 0.6 is 0 Å². The van der Waals surface area contributed by atoms with Crippen LogP contribution in [0.1, 0.15) is 17.0 Å². The van der Waals surface area contributed by atoms with Crippen LogP contribution in [0.5, 0.6) is 11.5 Å². The van der Waals surface area contributed by atoms with Crippen molar-refractivity contribution in [3.63, 3.8) is 0 Å². The van der Waals surface area contributed by atoms with Gasteiger partial charge in [0.05, 0.1) is 31.7 Å². The van der Waals surface area contributed by atoms with Gasteiger partial charge < -0.3 is 19.4 Å². The standard InChI is InChI=1S/C30H29N3O3/c1-35-27-14-12-21(18-28(27)36-2)19-30(34)31-16-15-29-32-25-9-5-6-10-26(25)33(29)20-22-11-13-23-7-3-4-8-24(23)17-22/h3-14,17-18H,15-16,19-20H2,1-2H3,(H,31,34). The Hall–Kier alpha value is -4.32. The summed E-state index contributed by atoms with van der Waals surface area (Å²) in [6, 6.07) is 28.7. The minimum atomic E-state index is -0.0422. The van der Waals surface area contributed by atoms with Crippen LogP contribution in [0.15, 0.2) is 84.9 Å². The first kappa shape index (κ1) is 23.4. The maximum Gasteiger partial charge on any atom is 0.224 e. The van der Waals surface area contributed by atoms with E-state index in [0.717, 1.165) is 29.0 Å². The zero-order valence-electron chi connectivity index (χ0n) is 20.5. The van der Waals surface area contributed by atoms with Gasteiger partial charge in [-0.2, -0.15) is 0 Å². The predicted octanol–water partition coefficient (Wildman–Crippen LogP) is 5.16. The summed E-state index contributed by atoms with van der Waals surface area (Å²) in [5.74, 6) is 2.17. The number of methoxy groups -OCH3 is 2. The Morgan fingerprint density at radius 2 is 1.58 bits per heavy atom. The Morgan fingerprint density at radius 3 is 2.42 bits per heavy atom. The lowest BCUT2D eigenvalue weighted by Crippen LogP contribution is -2.28. The molecule has 0 bridgehead atoms. The number of ether oxygens (including phenoxy) is 2. The summed E-state index contributed by atoms with van der Waals surface area (Å²) < 4.78 is 12.9. The third-order valence-corrected chi connectivity index (χ3v) is 6.37. The van der Waals surface area contributed by atoms with E-state index in [1.807, 2.05) is 36.4 Å². The van der Waals surface area contributed by atoms with Crippen molar-refractivity contribution in [1.29, 1.82) is 0 Å². The summed E-state index contributed by atoms with van der Waals surface area (Å²) in [6.07, 6.45) is 0.911. The second-order valence-electron chi connectivity index (χ2n) is 8.75. The van der Waals surface area contributed by atoms with Crippen LogP contribution in [0.3, 0.4) is 0 Å². The Kier molecular flexibility index (Phi) is 6.85. The second-order valence-corrected chi connectivity index (χ2v) is 8.75. The topological polar surface area (TPSA) is 65.4 Å². The van der Waals surface area contributed by atoms with E-state index in [1.54, 1.807) is 14.2 Å².